The van der Waals surface area contributed by atoms with E-state index in [4.69, 9.17) is 9.72 Å². The zero-order chi connectivity index (χ0) is 20.3. The van der Waals surface area contributed by atoms with Crippen molar-refractivity contribution in [2.24, 2.45) is 0 Å². The lowest BCUT2D eigenvalue weighted by Gasteiger charge is -2.33. The maximum Gasteiger partial charge on any atom is 0.416 e. The highest BCUT2D eigenvalue weighted by Crippen LogP contribution is 2.31. The normalized spacial score (nSPS) is 19.3. The Morgan fingerprint density at radius 1 is 0.931 bits per heavy atom. The molecule has 156 valence electrons. The summed E-state index contributed by atoms with van der Waals surface area (Å²) < 4.78 is 44.3. The number of halogens is 3. The maximum absolute atomic E-state index is 12.7. The third-order valence-corrected chi connectivity index (χ3v) is 5.79. The lowest BCUT2D eigenvalue weighted by molar-refractivity contribution is -0.137. The molecule has 0 bridgehead atoms. The van der Waals surface area contributed by atoms with Crippen molar-refractivity contribution in [2.45, 2.75) is 43.9 Å². The highest BCUT2D eigenvalue weighted by atomic mass is 19.4. The minimum Gasteiger partial charge on any atom is -0.474 e. The molecule has 4 nitrogen and oxygen atoms in total. The zero-order valence-electron chi connectivity index (χ0n) is 16.3. The third kappa shape index (κ3) is 5.01. The first-order chi connectivity index (χ1) is 14.0. The fourth-order valence-electron chi connectivity index (χ4n) is 4.11. The van der Waals surface area contributed by atoms with Crippen molar-refractivity contribution in [3.05, 3.63) is 53.7 Å². The molecular weight excluding hydrogens is 379 g/mol. The number of nitrogens with one attached hydrogen (secondary N) is 1. The molecule has 1 aromatic heterocycles. The molecule has 1 N–H and O–H groups in total. The Morgan fingerprint density at radius 2 is 1.62 bits per heavy atom. The van der Waals surface area contributed by atoms with Crippen molar-refractivity contribution in [1.29, 1.82) is 0 Å². The predicted octanol–water partition coefficient (Wildman–Crippen LogP) is 4.62. The lowest BCUT2D eigenvalue weighted by atomic mass is 9.94. The molecule has 0 atom stereocenters. The first-order valence-electron chi connectivity index (χ1n) is 10.3. The standard InChI is InChI=1S/C22H26F3N3O/c23-22(24,25)17-4-6-18(7-5-17)28-14-10-19(11-15-28)29-21-3-1-2-20(27-21)16-8-12-26-13-9-16/h1-7,16,19,26H,8-15H2. The van der Waals surface area contributed by atoms with Crippen LogP contribution in [0.25, 0.3) is 0 Å². The van der Waals surface area contributed by atoms with Gasteiger partial charge in [-0.25, -0.2) is 4.98 Å². The number of alkyl halides is 3. The van der Waals surface area contributed by atoms with Crippen molar-refractivity contribution in [1.82, 2.24) is 10.3 Å². The van der Waals surface area contributed by atoms with Crippen LogP contribution in [0, 0.1) is 0 Å². The Labute approximate surface area is 169 Å². The number of pyridine rings is 1. The van der Waals surface area contributed by atoms with Gasteiger partial charge in [0.2, 0.25) is 5.88 Å². The van der Waals surface area contributed by atoms with E-state index in [1.165, 1.54) is 0 Å². The Morgan fingerprint density at radius 3 is 2.28 bits per heavy atom. The van der Waals surface area contributed by atoms with E-state index in [2.05, 4.69) is 16.3 Å². The highest BCUT2D eigenvalue weighted by Gasteiger charge is 2.30. The molecule has 2 aliphatic heterocycles. The number of rotatable bonds is 4. The minimum atomic E-state index is -4.30. The second-order valence-electron chi connectivity index (χ2n) is 7.77. The summed E-state index contributed by atoms with van der Waals surface area (Å²) in [6.07, 6.45) is -0.379. The fourth-order valence-corrected chi connectivity index (χ4v) is 4.11. The van der Waals surface area contributed by atoms with Gasteiger partial charge in [0.05, 0.1) is 5.56 Å². The molecule has 2 saturated heterocycles. The Bertz CT molecular complexity index is 796. The molecule has 0 radical (unpaired) electrons. The minimum absolute atomic E-state index is 0.0801. The maximum atomic E-state index is 12.7. The van der Waals surface area contributed by atoms with Crippen LogP contribution in [0.3, 0.4) is 0 Å². The van der Waals surface area contributed by atoms with Gasteiger partial charge in [-0.1, -0.05) is 6.07 Å². The van der Waals surface area contributed by atoms with Crippen LogP contribution in [0.1, 0.15) is 42.9 Å². The molecule has 0 unspecified atom stereocenters. The van der Waals surface area contributed by atoms with E-state index in [0.29, 0.717) is 11.8 Å². The molecule has 0 aliphatic carbocycles. The number of ether oxygens (including phenoxy) is 1. The van der Waals surface area contributed by atoms with Crippen molar-refractivity contribution < 1.29 is 17.9 Å². The molecule has 4 rings (SSSR count). The summed E-state index contributed by atoms with van der Waals surface area (Å²) >= 11 is 0. The predicted molar refractivity (Wildman–Crippen MR) is 106 cm³/mol. The Kier molecular flexibility index (Phi) is 5.94. The first kappa shape index (κ1) is 20.0. The summed E-state index contributed by atoms with van der Waals surface area (Å²) in [6, 6.07) is 11.4. The molecule has 1 aromatic carbocycles. The topological polar surface area (TPSA) is 37.4 Å². The average Bonchev–Trinajstić information content (AvgIpc) is 2.75. The number of hydrogen-bond donors (Lipinski definition) is 1. The summed E-state index contributed by atoms with van der Waals surface area (Å²) in [5.41, 5.74) is 1.31. The van der Waals surface area contributed by atoms with Crippen molar-refractivity contribution in [2.75, 3.05) is 31.1 Å². The Balaban J connectivity index is 1.32. The van der Waals surface area contributed by atoms with Crippen molar-refractivity contribution in [3.63, 3.8) is 0 Å². The number of aromatic nitrogens is 1. The third-order valence-electron chi connectivity index (χ3n) is 5.79. The zero-order valence-corrected chi connectivity index (χ0v) is 16.3. The number of piperidine rings is 2. The summed E-state index contributed by atoms with van der Waals surface area (Å²) in [5.74, 6) is 1.16. The van der Waals surface area contributed by atoms with Crippen LogP contribution in [0.2, 0.25) is 0 Å². The van der Waals surface area contributed by atoms with E-state index in [0.717, 1.165) is 75.4 Å². The second-order valence-corrected chi connectivity index (χ2v) is 7.77. The quantitative estimate of drug-likeness (QED) is 0.806. The number of benzene rings is 1. The first-order valence-corrected chi connectivity index (χ1v) is 10.3. The molecule has 29 heavy (non-hydrogen) atoms. The number of nitrogens with zero attached hydrogens (tertiary/aromatic N) is 2. The monoisotopic (exact) mass is 405 g/mol. The van der Waals surface area contributed by atoms with Gasteiger partial charge in [0.15, 0.2) is 0 Å². The van der Waals surface area contributed by atoms with E-state index in [9.17, 15) is 13.2 Å². The number of hydrogen-bond acceptors (Lipinski definition) is 4. The Hall–Kier alpha value is -2.28. The summed E-state index contributed by atoms with van der Waals surface area (Å²) in [5, 5.41) is 3.37. The molecule has 0 amide bonds. The molecular formula is C22H26F3N3O. The fraction of sp³-hybridized carbons (Fsp3) is 0.500. The average molecular weight is 405 g/mol. The van der Waals surface area contributed by atoms with E-state index in [1.807, 2.05) is 12.1 Å². The van der Waals surface area contributed by atoms with Crippen LogP contribution in [0.5, 0.6) is 5.88 Å². The lowest BCUT2D eigenvalue weighted by Crippen LogP contribution is -2.38. The molecule has 2 aromatic rings. The summed E-state index contributed by atoms with van der Waals surface area (Å²) in [4.78, 5) is 6.84. The van der Waals surface area contributed by atoms with E-state index < -0.39 is 11.7 Å². The number of anilines is 1. The highest BCUT2D eigenvalue weighted by molar-refractivity contribution is 5.48. The van der Waals surface area contributed by atoms with Crippen LogP contribution in [-0.2, 0) is 6.18 Å². The van der Waals surface area contributed by atoms with E-state index >= 15 is 0 Å². The summed E-state index contributed by atoms with van der Waals surface area (Å²) in [6.45, 7) is 3.56. The van der Waals surface area contributed by atoms with Crippen LogP contribution >= 0.6 is 0 Å². The van der Waals surface area contributed by atoms with Gasteiger partial charge in [-0.15, -0.1) is 0 Å². The van der Waals surface area contributed by atoms with Crippen LogP contribution < -0.4 is 15.0 Å². The van der Waals surface area contributed by atoms with Crippen molar-refractivity contribution >= 4 is 5.69 Å². The van der Waals surface area contributed by atoms with Gasteiger partial charge in [0.1, 0.15) is 6.10 Å². The van der Waals surface area contributed by atoms with Crippen LogP contribution in [0.4, 0.5) is 18.9 Å². The van der Waals surface area contributed by atoms with Gasteiger partial charge < -0.3 is 15.0 Å². The summed E-state index contributed by atoms with van der Waals surface area (Å²) in [7, 11) is 0. The van der Waals surface area contributed by atoms with Crippen LogP contribution in [0.15, 0.2) is 42.5 Å². The molecule has 0 spiro atoms. The largest absolute Gasteiger partial charge is 0.474 e. The van der Waals surface area contributed by atoms with Gasteiger partial charge in [0, 0.05) is 49.3 Å². The van der Waals surface area contributed by atoms with Gasteiger partial charge in [0.25, 0.3) is 0 Å². The van der Waals surface area contributed by atoms with Gasteiger partial charge in [-0.2, -0.15) is 13.2 Å². The van der Waals surface area contributed by atoms with Gasteiger partial charge in [-0.05, 0) is 56.3 Å². The molecule has 2 fully saturated rings. The van der Waals surface area contributed by atoms with Crippen LogP contribution in [-0.4, -0.2) is 37.3 Å². The van der Waals surface area contributed by atoms with E-state index in [1.54, 1.807) is 12.1 Å². The smallest absolute Gasteiger partial charge is 0.416 e. The van der Waals surface area contributed by atoms with Gasteiger partial charge in [-0.3, -0.25) is 0 Å². The SMILES string of the molecule is FC(F)(F)c1ccc(N2CCC(Oc3cccc(C4CCNCC4)n3)CC2)cc1. The second kappa shape index (κ2) is 8.61. The molecule has 2 aliphatic rings. The molecule has 3 heterocycles. The van der Waals surface area contributed by atoms with Gasteiger partial charge >= 0.3 is 6.18 Å². The molecule has 7 heteroatoms. The van der Waals surface area contributed by atoms with Crippen molar-refractivity contribution in [3.8, 4) is 5.88 Å². The van der Waals surface area contributed by atoms with E-state index in [-0.39, 0.29) is 6.10 Å². The molecule has 0 saturated carbocycles.